The Kier molecular flexibility index (Phi) is 3.50. The van der Waals surface area contributed by atoms with E-state index in [1.165, 1.54) is 16.0 Å². The van der Waals surface area contributed by atoms with Crippen molar-refractivity contribution in [3.05, 3.63) is 11.6 Å². The van der Waals surface area contributed by atoms with E-state index in [1.54, 1.807) is 11.6 Å². The van der Waals surface area contributed by atoms with Gasteiger partial charge in [0, 0.05) is 23.9 Å². The summed E-state index contributed by atoms with van der Waals surface area (Å²) in [6.07, 6.45) is 2.72. The number of aromatic nitrogens is 3. The van der Waals surface area contributed by atoms with E-state index in [9.17, 15) is 8.42 Å². The minimum absolute atomic E-state index is 0.0106. The number of thiazole rings is 1. The molecular formula is C10H15N5O2S2. The van der Waals surface area contributed by atoms with Gasteiger partial charge in [0.1, 0.15) is 0 Å². The van der Waals surface area contributed by atoms with Crippen LogP contribution in [0.1, 0.15) is 13.8 Å². The summed E-state index contributed by atoms with van der Waals surface area (Å²) in [4.78, 5) is 4.09. The molecule has 0 radical (unpaired) electrons. The van der Waals surface area contributed by atoms with Gasteiger partial charge >= 0.3 is 0 Å². The lowest BCUT2D eigenvalue weighted by Gasteiger charge is -2.07. The highest BCUT2D eigenvalue weighted by atomic mass is 32.2. The number of anilines is 2. The summed E-state index contributed by atoms with van der Waals surface area (Å²) in [6, 6.07) is 0.0412. The average Bonchev–Trinajstić information content (AvgIpc) is 2.83. The van der Waals surface area contributed by atoms with Crippen molar-refractivity contribution in [1.82, 2.24) is 14.8 Å². The molecule has 0 aliphatic carbocycles. The second kappa shape index (κ2) is 4.82. The molecule has 0 aromatic carbocycles. The lowest BCUT2D eigenvalue weighted by molar-refractivity contribution is 0.602. The molecule has 9 heteroatoms. The maximum absolute atomic E-state index is 11.8. The Morgan fingerprint density at radius 1 is 1.47 bits per heavy atom. The molecule has 2 heterocycles. The number of nitrogens with one attached hydrogen (secondary N) is 1. The molecule has 0 unspecified atom stereocenters. The van der Waals surface area contributed by atoms with E-state index in [4.69, 9.17) is 5.73 Å². The molecule has 0 aliphatic heterocycles. The monoisotopic (exact) mass is 301 g/mol. The van der Waals surface area contributed by atoms with Gasteiger partial charge in [0.2, 0.25) is 5.13 Å². The fourth-order valence-electron chi connectivity index (χ4n) is 1.62. The highest BCUT2D eigenvalue weighted by Crippen LogP contribution is 2.30. The number of sulfone groups is 1. The number of nitrogens with zero attached hydrogens (tertiary/aromatic N) is 3. The van der Waals surface area contributed by atoms with Gasteiger partial charge < -0.3 is 11.1 Å². The summed E-state index contributed by atoms with van der Waals surface area (Å²) in [5.74, 6) is 0.325. The third kappa shape index (κ3) is 2.71. The first-order chi connectivity index (χ1) is 8.80. The van der Waals surface area contributed by atoms with Gasteiger partial charge in [-0.05, 0) is 13.8 Å². The molecule has 2 aromatic rings. The van der Waals surface area contributed by atoms with E-state index in [0.29, 0.717) is 5.13 Å². The number of nitrogen functional groups attached to an aromatic ring is 1. The van der Waals surface area contributed by atoms with Gasteiger partial charge in [-0.2, -0.15) is 4.68 Å². The van der Waals surface area contributed by atoms with Crippen molar-refractivity contribution in [2.45, 2.75) is 24.8 Å². The lowest BCUT2D eigenvalue weighted by Crippen LogP contribution is -2.13. The van der Waals surface area contributed by atoms with Gasteiger partial charge in [-0.25, -0.2) is 13.4 Å². The molecule has 0 bridgehead atoms. The summed E-state index contributed by atoms with van der Waals surface area (Å²) in [5.41, 5.74) is 5.91. The smallest absolute Gasteiger partial charge is 0.212 e. The third-order valence-electron chi connectivity index (χ3n) is 2.27. The fourth-order valence-corrected chi connectivity index (χ4v) is 3.14. The second-order valence-corrected chi connectivity index (χ2v) is 7.19. The van der Waals surface area contributed by atoms with Crippen LogP contribution in [0, 0.1) is 0 Å². The van der Waals surface area contributed by atoms with Crippen LogP contribution < -0.4 is 11.1 Å². The summed E-state index contributed by atoms with van der Waals surface area (Å²) in [6.45, 7) is 3.79. The Morgan fingerprint density at radius 2 is 2.16 bits per heavy atom. The van der Waals surface area contributed by atoms with Crippen LogP contribution in [-0.2, 0) is 9.84 Å². The molecule has 0 fully saturated rings. The Morgan fingerprint density at radius 3 is 2.63 bits per heavy atom. The molecular weight excluding hydrogens is 286 g/mol. The second-order valence-electron chi connectivity index (χ2n) is 4.36. The van der Waals surface area contributed by atoms with Crippen molar-refractivity contribution in [3.63, 3.8) is 0 Å². The molecule has 7 nitrogen and oxygen atoms in total. The number of hydrogen-bond acceptors (Lipinski definition) is 7. The van der Waals surface area contributed by atoms with Crippen molar-refractivity contribution in [3.8, 4) is 5.13 Å². The zero-order chi connectivity index (χ0) is 14.2. The van der Waals surface area contributed by atoms with Crippen molar-refractivity contribution in [1.29, 1.82) is 0 Å². The highest BCUT2D eigenvalue weighted by Gasteiger charge is 2.25. The van der Waals surface area contributed by atoms with Gasteiger partial charge in [-0.15, -0.1) is 16.4 Å². The highest BCUT2D eigenvalue weighted by molar-refractivity contribution is 7.91. The maximum atomic E-state index is 11.8. The molecule has 0 spiro atoms. The first-order valence-electron chi connectivity index (χ1n) is 5.55. The molecule has 2 aromatic heterocycles. The van der Waals surface area contributed by atoms with Crippen LogP contribution in [0.2, 0.25) is 0 Å². The van der Waals surface area contributed by atoms with Crippen LogP contribution >= 0.6 is 11.3 Å². The van der Waals surface area contributed by atoms with E-state index >= 15 is 0 Å². The third-order valence-corrected chi connectivity index (χ3v) is 4.16. The van der Waals surface area contributed by atoms with E-state index < -0.39 is 9.84 Å². The maximum Gasteiger partial charge on any atom is 0.212 e. The Balaban J connectivity index is 2.64. The van der Waals surface area contributed by atoms with Crippen LogP contribution in [-0.4, -0.2) is 35.5 Å². The van der Waals surface area contributed by atoms with Crippen molar-refractivity contribution in [2.75, 3.05) is 17.3 Å². The van der Waals surface area contributed by atoms with Crippen LogP contribution in [0.25, 0.3) is 5.13 Å². The summed E-state index contributed by atoms with van der Waals surface area (Å²) >= 11 is 1.33. The molecule has 3 N–H and O–H groups in total. The average molecular weight is 301 g/mol. The molecule has 0 saturated heterocycles. The van der Waals surface area contributed by atoms with Crippen LogP contribution in [0.5, 0.6) is 0 Å². The predicted octanol–water partition coefficient (Wildman–Crippen LogP) is 1.13. The Labute approximate surface area is 115 Å². The van der Waals surface area contributed by atoms with Gasteiger partial charge in [0.15, 0.2) is 26.4 Å². The van der Waals surface area contributed by atoms with E-state index in [2.05, 4.69) is 15.4 Å². The summed E-state index contributed by atoms with van der Waals surface area (Å²) < 4.78 is 25.0. The zero-order valence-corrected chi connectivity index (χ0v) is 12.4. The number of rotatable bonds is 4. The zero-order valence-electron chi connectivity index (χ0n) is 10.8. The molecule has 0 saturated carbocycles. The quantitative estimate of drug-likeness (QED) is 0.877. The van der Waals surface area contributed by atoms with Crippen LogP contribution in [0.4, 0.5) is 11.6 Å². The summed E-state index contributed by atoms with van der Waals surface area (Å²) in [5, 5.41) is 9.49. The molecule has 0 atom stereocenters. The predicted molar refractivity (Wildman–Crippen MR) is 75.5 cm³/mol. The van der Waals surface area contributed by atoms with Crippen LogP contribution in [0.3, 0.4) is 0 Å². The van der Waals surface area contributed by atoms with Gasteiger partial charge in [-0.1, -0.05) is 0 Å². The van der Waals surface area contributed by atoms with Gasteiger partial charge in [-0.3, -0.25) is 0 Å². The van der Waals surface area contributed by atoms with E-state index in [-0.39, 0.29) is 22.6 Å². The Bertz CT molecular complexity index is 673. The first kappa shape index (κ1) is 13.8. The minimum Gasteiger partial charge on any atom is -0.382 e. The Hall–Kier alpha value is -1.61. The van der Waals surface area contributed by atoms with Gasteiger partial charge in [0.25, 0.3) is 0 Å². The lowest BCUT2D eigenvalue weighted by atomic mass is 10.4. The van der Waals surface area contributed by atoms with Crippen molar-refractivity contribution in [2.24, 2.45) is 0 Å². The van der Waals surface area contributed by atoms with Gasteiger partial charge in [0.05, 0.1) is 0 Å². The minimum atomic E-state index is -3.47. The number of hydrogen-bond donors (Lipinski definition) is 2. The summed E-state index contributed by atoms with van der Waals surface area (Å²) in [7, 11) is -3.47. The molecule has 0 aliphatic rings. The fraction of sp³-hybridized carbons (Fsp3) is 0.400. The largest absolute Gasteiger partial charge is 0.382 e. The first-order valence-corrected chi connectivity index (χ1v) is 8.32. The van der Waals surface area contributed by atoms with E-state index in [0.717, 1.165) is 6.26 Å². The SMILES string of the molecule is CC(C)Nc1nn(-c2nccs2)c(N)c1S(C)(=O)=O. The molecule has 19 heavy (non-hydrogen) atoms. The molecule has 104 valence electrons. The molecule has 2 rings (SSSR count). The van der Waals surface area contributed by atoms with E-state index in [1.807, 2.05) is 13.8 Å². The van der Waals surface area contributed by atoms with Crippen LogP contribution in [0.15, 0.2) is 16.5 Å². The van der Waals surface area contributed by atoms with Crippen molar-refractivity contribution < 1.29 is 8.42 Å². The van der Waals surface area contributed by atoms with Crippen molar-refractivity contribution >= 4 is 32.8 Å². The number of nitrogens with two attached hydrogens (primary N) is 1. The normalized spacial score (nSPS) is 12.0. The standard InChI is InChI=1S/C10H15N5O2S2/c1-6(2)13-9-7(19(3,16)17)8(11)15(14-9)10-12-4-5-18-10/h4-6H,11H2,1-3H3,(H,13,14). The topological polar surface area (TPSA) is 103 Å². The molecule has 0 amide bonds.